The standard InChI is InChI=1S/C26H28ClF3N4O3/c1-25(2,3)37-24(36)34-13-12-18(15-34)32-23(35)17-10-8-16(9-11-17)21(14-22(31)26(28,29)30)33-20-7-5-4-6-19(20)27/h4-11,14,18H,12-13,15,31H2,1-3H3,(H,32,35). The Kier molecular flexibility index (Phi) is 8.53. The van der Waals surface area contributed by atoms with E-state index >= 15 is 0 Å². The fraction of sp³-hybridized carbons (Fsp3) is 0.346. The van der Waals surface area contributed by atoms with Crippen molar-refractivity contribution in [3.8, 4) is 0 Å². The lowest BCUT2D eigenvalue weighted by molar-refractivity contribution is -0.0925. The molecule has 0 aliphatic carbocycles. The second-order valence-corrected chi connectivity index (χ2v) is 9.92. The molecule has 2 aromatic carbocycles. The molecule has 2 aromatic rings. The minimum atomic E-state index is -4.74. The summed E-state index contributed by atoms with van der Waals surface area (Å²) in [5, 5.41) is 3.13. The molecule has 0 radical (unpaired) electrons. The maximum absolute atomic E-state index is 13.1. The SMILES string of the molecule is CC(C)(C)OC(=O)N1CCC(NC(=O)c2ccc(C(C=C(N)C(F)(F)F)=Nc3ccccc3Cl)cc2)C1. The molecule has 3 rings (SSSR count). The summed E-state index contributed by atoms with van der Waals surface area (Å²) in [7, 11) is 0. The number of amides is 2. The number of nitrogens with two attached hydrogens (primary N) is 1. The summed E-state index contributed by atoms with van der Waals surface area (Å²) in [6, 6.07) is 12.1. The van der Waals surface area contributed by atoms with E-state index in [1.165, 1.54) is 29.2 Å². The smallest absolute Gasteiger partial charge is 0.430 e. The Labute approximate surface area is 218 Å². The van der Waals surface area contributed by atoms with Crippen molar-refractivity contribution >= 4 is 35.0 Å². The molecule has 3 N–H and O–H groups in total. The molecule has 1 saturated heterocycles. The fourth-order valence-electron chi connectivity index (χ4n) is 3.51. The topological polar surface area (TPSA) is 97.0 Å². The zero-order valence-corrected chi connectivity index (χ0v) is 21.4. The lowest BCUT2D eigenvalue weighted by Crippen LogP contribution is -2.40. The molecule has 1 heterocycles. The number of likely N-dealkylation sites (tertiary alicyclic amines) is 1. The van der Waals surface area contributed by atoms with E-state index in [2.05, 4.69) is 10.3 Å². The van der Waals surface area contributed by atoms with Crippen LogP contribution in [-0.4, -0.2) is 53.5 Å². The molecule has 0 aromatic heterocycles. The summed E-state index contributed by atoms with van der Waals surface area (Å²) in [6.07, 6.45) is -3.89. The Morgan fingerprint density at radius 2 is 1.73 bits per heavy atom. The molecule has 11 heteroatoms. The van der Waals surface area contributed by atoms with E-state index in [1.54, 1.807) is 45.0 Å². The van der Waals surface area contributed by atoms with Crippen LogP contribution in [0.4, 0.5) is 23.7 Å². The third kappa shape index (κ3) is 7.98. The van der Waals surface area contributed by atoms with Crippen molar-refractivity contribution in [2.45, 2.75) is 45.0 Å². The van der Waals surface area contributed by atoms with Crippen LogP contribution in [0.15, 0.2) is 65.3 Å². The van der Waals surface area contributed by atoms with Gasteiger partial charge in [-0.3, -0.25) is 4.79 Å². The number of nitrogens with one attached hydrogen (secondary N) is 1. The van der Waals surface area contributed by atoms with E-state index in [-0.39, 0.29) is 28.4 Å². The Morgan fingerprint density at radius 1 is 1.11 bits per heavy atom. The van der Waals surface area contributed by atoms with Crippen LogP contribution in [0.25, 0.3) is 0 Å². The van der Waals surface area contributed by atoms with Gasteiger partial charge in [-0.25, -0.2) is 9.79 Å². The van der Waals surface area contributed by atoms with Crippen molar-refractivity contribution in [1.82, 2.24) is 10.2 Å². The molecule has 37 heavy (non-hydrogen) atoms. The summed E-state index contributed by atoms with van der Waals surface area (Å²) >= 11 is 6.12. The predicted molar refractivity (Wildman–Crippen MR) is 136 cm³/mol. The average molecular weight is 537 g/mol. The predicted octanol–water partition coefficient (Wildman–Crippen LogP) is 5.60. The summed E-state index contributed by atoms with van der Waals surface area (Å²) in [4.78, 5) is 30.8. The number of halogens is 4. The first-order valence-corrected chi connectivity index (χ1v) is 11.9. The first kappa shape index (κ1) is 28.0. The first-order valence-electron chi connectivity index (χ1n) is 11.5. The lowest BCUT2D eigenvalue weighted by Gasteiger charge is -2.24. The maximum atomic E-state index is 13.1. The van der Waals surface area contributed by atoms with E-state index < -0.39 is 23.6 Å². The van der Waals surface area contributed by atoms with Crippen molar-refractivity contribution in [3.05, 3.63) is 76.5 Å². The Bertz CT molecular complexity index is 1200. The normalized spacial score (nSPS) is 17.1. The fourth-order valence-corrected chi connectivity index (χ4v) is 3.69. The van der Waals surface area contributed by atoms with Crippen LogP contribution < -0.4 is 11.1 Å². The lowest BCUT2D eigenvalue weighted by atomic mass is 10.1. The monoisotopic (exact) mass is 536 g/mol. The van der Waals surface area contributed by atoms with Gasteiger partial charge in [-0.1, -0.05) is 35.9 Å². The van der Waals surface area contributed by atoms with Gasteiger partial charge in [0.15, 0.2) is 0 Å². The first-order chi connectivity index (χ1) is 17.2. The molecule has 1 unspecified atom stereocenters. The number of carbonyl (C=O) groups is 2. The highest BCUT2D eigenvalue weighted by Crippen LogP contribution is 2.27. The number of rotatable bonds is 5. The number of allylic oxidation sites excluding steroid dienone is 2. The van der Waals surface area contributed by atoms with E-state index in [0.29, 0.717) is 30.6 Å². The van der Waals surface area contributed by atoms with Crippen molar-refractivity contribution in [2.24, 2.45) is 10.7 Å². The molecule has 0 spiro atoms. The number of hydrogen-bond donors (Lipinski definition) is 2. The minimum absolute atomic E-state index is 0.0707. The second kappa shape index (κ2) is 11.2. The highest BCUT2D eigenvalue weighted by molar-refractivity contribution is 6.33. The van der Waals surface area contributed by atoms with Gasteiger partial charge in [0.25, 0.3) is 5.91 Å². The van der Waals surface area contributed by atoms with Crippen molar-refractivity contribution in [3.63, 3.8) is 0 Å². The van der Waals surface area contributed by atoms with E-state index in [1.807, 2.05) is 0 Å². The van der Waals surface area contributed by atoms with Crippen molar-refractivity contribution in [2.75, 3.05) is 13.1 Å². The zero-order chi connectivity index (χ0) is 27.4. The third-order valence-electron chi connectivity index (χ3n) is 5.33. The maximum Gasteiger partial charge on any atom is 0.430 e. The molecule has 1 aliphatic rings. The highest BCUT2D eigenvalue weighted by atomic mass is 35.5. The summed E-state index contributed by atoms with van der Waals surface area (Å²) in [5.74, 6) is -0.377. The van der Waals surface area contributed by atoms with Crippen LogP contribution in [0.3, 0.4) is 0 Å². The third-order valence-corrected chi connectivity index (χ3v) is 5.65. The Hall–Kier alpha value is -3.53. The number of para-hydroxylation sites is 1. The van der Waals surface area contributed by atoms with Crippen molar-refractivity contribution in [1.29, 1.82) is 0 Å². The molecule has 1 fully saturated rings. The number of hydrogen-bond acceptors (Lipinski definition) is 5. The molecule has 1 aliphatic heterocycles. The Morgan fingerprint density at radius 3 is 2.32 bits per heavy atom. The summed E-state index contributed by atoms with van der Waals surface area (Å²) in [5.41, 5.74) is 4.10. The highest BCUT2D eigenvalue weighted by Gasteiger charge is 2.32. The number of carbonyl (C=O) groups excluding carboxylic acids is 2. The van der Waals surface area contributed by atoms with Gasteiger partial charge >= 0.3 is 12.3 Å². The summed E-state index contributed by atoms with van der Waals surface area (Å²) < 4.78 is 44.7. The molecule has 7 nitrogen and oxygen atoms in total. The average Bonchev–Trinajstić information content (AvgIpc) is 3.27. The number of ether oxygens (including phenoxy) is 1. The number of benzene rings is 2. The van der Waals surface area contributed by atoms with E-state index in [0.717, 1.165) is 6.08 Å². The number of aliphatic imine (C=N–C) groups is 1. The van der Waals surface area contributed by atoms with Gasteiger partial charge in [-0.2, -0.15) is 13.2 Å². The van der Waals surface area contributed by atoms with E-state index in [9.17, 15) is 22.8 Å². The van der Waals surface area contributed by atoms with Crippen LogP contribution in [-0.2, 0) is 4.74 Å². The van der Waals surface area contributed by atoms with Crippen LogP contribution in [0.2, 0.25) is 5.02 Å². The second-order valence-electron chi connectivity index (χ2n) is 9.51. The van der Waals surface area contributed by atoms with Gasteiger partial charge in [-0.05, 0) is 57.5 Å². The Balaban J connectivity index is 1.76. The van der Waals surface area contributed by atoms with Crippen LogP contribution in [0, 0.1) is 0 Å². The van der Waals surface area contributed by atoms with Gasteiger partial charge < -0.3 is 20.7 Å². The van der Waals surface area contributed by atoms with E-state index in [4.69, 9.17) is 22.1 Å². The molecule has 0 bridgehead atoms. The minimum Gasteiger partial charge on any atom is -0.444 e. The van der Waals surface area contributed by atoms with Gasteiger partial charge in [0.2, 0.25) is 0 Å². The summed E-state index contributed by atoms with van der Waals surface area (Å²) in [6.45, 7) is 6.10. The van der Waals surface area contributed by atoms with Crippen LogP contribution in [0.5, 0.6) is 0 Å². The van der Waals surface area contributed by atoms with Crippen molar-refractivity contribution < 1.29 is 27.5 Å². The van der Waals surface area contributed by atoms with Gasteiger partial charge in [0.1, 0.15) is 11.3 Å². The van der Waals surface area contributed by atoms with Gasteiger partial charge in [0, 0.05) is 30.3 Å². The van der Waals surface area contributed by atoms with Gasteiger partial charge in [-0.15, -0.1) is 0 Å². The molecular formula is C26H28ClF3N4O3. The van der Waals surface area contributed by atoms with Gasteiger partial charge in [0.05, 0.1) is 16.4 Å². The largest absolute Gasteiger partial charge is 0.444 e. The molecule has 2 amide bonds. The molecular weight excluding hydrogens is 509 g/mol. The number of nitrogens with zero attached hydrogens (tertiary/aromatic N) is 2. The van der Waals surface area contributed by atoms with Crippen LogP contribution >= 0.6 is 11.6 Å². The number of alkyl halides is 3. The molecule has 198 valence electrons. The zero-order valence-electron chi connectivity index (χ0n) is 20.6. The van der Waals surface area contributed by atoms with Crippen LogP contribution in [0.1, 0.15) is 43.1 Å². The quantitative estimate of drug-likeness (QED) is 0.486. The molecule has 0 saturated carbocycles. The molecule has 1 atom stereocenters.